The van der Waals surface area contributed by atoms with Crippen molar-refractivity contribution < 1.29 is 23.9 Å². The predicted molar refractivity (Wildman–Crippen MR) is 148 cm³/mol. The molecule has 0 heterocycles. The molecular formula is C27H51N3O5S. The molecule has 36 heavy (non-hydrogen) atoms. The summed E-state index contributed by atoms with van der Waals surface area (Å²) < 4.78 is 5.50. The maximum absolute atomic E-state index is 12.8. The number of thioether (sulfide) groups is 1. The van der Waals surface area contributed by atoms with Crippen molar-refractivity contribution in [1.82, 2.24) is 16.0 Å². The first-order chi connectivity index (χ1) is 16.4. The minimum absolute atomic E-state index is 0.00847. The van der Waals surface area contributed by atoms with Crippen LogP contribution in [-0.2, 0) is 23.9 Å². The number of hydrogen-bond acceptors (Lipinski definition) is 6. The quantitative estimate of drug-likeness (QED) is 0.263. The van der Waals surface area contributed by atoms with Crippen molar-refractivity contribution in [1.29, 1.82) is 0 Å². The predicted octanol–water partition coefficient (Wildman–Crippen LogP) is 3.72. The first kappa shape index (κ1) is 34.4. The molecule has 0 fully saturated rings. The molecule has 3 amide bonds. The van der Waals surface area contributed by atoms with Crippen LogP contribution in [0, 0.1) is 16.2 Å². The summed E-state index contributed by atoms with van der Waals surface area (Å²) in [6.45, 7) is 19.7. The lowest BCUT2D eigenvalue weighted by atomic mass is 9.89. The molecule has 0 bridgehead atoms. The Morgan fingerprint density at radius 3 is 1.81 bits per heavy atom. The summed E-state index contributed by atoms with van der Waals surface area (Å²) in [5, 5.41) is 8.44. The Balaban J connectivity index is 4.51. The number of carbonyl (C=O) groups is 4. The molecule has 0 aliphatic carbocycles. The van der Waals surface area contributed by atoms with Crippen LogP contribution in [0.2, 0.25) is 0 Å². The molecular weight excluding hydrogens is 478 g/mol. The zero-order valence-electron chi connectivity index (χ0n) is 24.1. The number of carbonyl (C=O) groups excluding carboxylic acids is 4. The van der Waals surface area contributed by atoms with Gasteiger partial charge in [0, 0.05) is 44.5 Å². The van der Waals surface area contributed by atoms with E-state index in [2.05, 4.69) is 36.7 Å². The lowest BCUT2D eigenvalue weighted by Gasteiger charge is -2.22. The molecule has 9 heteroatoms. The maximum atomic E-state index is 12.8. The topological polar surface area (TPSA) is 114 Å². The first-order valence-electron chi connectivity index (χ1n) is 12.9. The Labute approximate surface area is 223 Å². The first-order valence-corrected chi connectivity index (χ1v) is 14.0. The number of nitrogens with one attached hydrogen (secondary N) is 3. The van der Waals surface area contributed by atoms with E-state index < -0.39 is 6.04 Å². The zero-order valence-corrected chi connectivity index (χ0v) is 24.9. The molecule has 0 aliphatic rings. The Bertz CT molecular complexity index is 706. The Morgan fingerprint density at radius 2 is 1.28 bits per heavy atom. The van der Waals surface area contributed by atoms with Crippen molar-refractivity contribution in [2.45, 2.75) is 94.0 Å². The van der Waals surface area contributed by atoms with Crippen molar-refractivity contribution in [2.24, 2.45) is 16.2 Å². The van der Waals surface area contributed by atoms with E-state index in [1.807, 2.05) is 41.5 Å². The van der Waals surface area contributed by atoms with Gasteiger partial charge < -0.3 is 20.7 Å². The number of hydrogen-bond donors (Lipinski definition) is 3. The molecule has 8 nitrogen and oxygen atoms in total. The third-order valence-corrected chi connectivity index (χ3v) is 6.27. The van der Waals surface area contributed by atoms with E-state index in [-0.39, 0.29) is 52.6 Å². The molecule has 0 radical (unpaired) electrons. The Hall–Kier alpha value is -1.61. The van der Waals surface area contributed by atoms with Gasteiger partial charge in [0.05, 0.1) is 13.2 Å². The third-order valence-electron chi connectivity index (χ3n) is 4.63. The highest BCUT2D eigenvalue weighted by Gasteiger charge is 2.23. The van der Waals surface area contributed by atoms with Gasteiger partial charge in [-0.15, -0.1) is 0 Å². The smallest absolute Gasteiger partial charge is 0.243 e. The highest BCUT2D eigenvalue weighted by Crippen LogP contribution is 2.22. The summed E-state index contributed by atoms with van der Waals surface area (Å²) >= 11 is 1.61. The molecule has 0 aromatic rings. The fraction of sp³-hybridized carbons (Fsp3) is 0.852. The van der Waals surface area contributed by atoms with Gasteiger partial charge in [-0.05, 0) is 22.0 Å². The van der Waals surface area contributed by atoms with Crippen LogP contribution in [0.25, 0.3) is 0 Å². The lowest BCUT2D eigenvalue weighted by molar-refractivity contribution is -0.129. The van der Waals surface area contributed by atoms with E-state index in [1.165, 1.54) is 0 Å². The third kappa shape index (κ3) is 21.7. The van der Waals surface area contributed by atoms with Crippen LogP contribution in [0.3, 0.4) is 0 Å². The van der Waals surface area contributed by atoms with E-state index in [1.54, 1.807) is 11.8 Å². The summed E-state index contributed by atoms with van der Waals surface area (Å²) in [5.74, 6) is 0.772. The van der Waals surface area contributed by atoms with E-state index in [0.29, 0.717) is 44.9 Å². The van der Waals surface area contributed by atoms with Crippen LogP contribution < -0.4 is 16.0 Å². The number of amides is 3. The van der Waals surface area contributed by atoms with Crippen molar-refractivity contribution in [3.05, 3.63) is 0 Å². The van der Waals surface area contributed by atoms with Crippen LogP contribution in [-0.4, -0.2) is 67.4 Å². The fourth-order valence-electron chi connectivity index (χ4n) is 3.14. The summed E-state index contributed by atoms with van der Waals surface area (Å²) in [5.41, 5.74) is -0.0703. The van der Waals surface area contributed by atoms with Crippen molar-refractivity contribution in [2.75, 3.05) is 37.8 Å². The number of ether oxygens (including phenoxy) is 1. The standard InChI is InChI=1S/C27H51N3O5S/c1-25(2,3)16-20(31)10-11-22(32)30-21(18-36-19-27(7,8)9)24(34)29-13-15-35-14-12-28-23(33)17-26(4,5)6/h21H,10-19H2,1-9H3,(H,28,33)(H,29,34)(H,30,32)/t21-/m0/s1. The molecule has 0 rings (SSSR count). The molecule has 0 aromatic heterocycles. The summed E-state index contributed by atoms with van der Waals surface area (Å²) in [6.07, 6.45) is 1.12. The number of ketones is 1. The molecule has 0 aliphatic heterocycles. The normalized spacial score (nSPS) is 13.1. The van der Waals surface area contributed by atoms with E-state index >= 15 is 0 Å². The second kappa shape index (κ2) is 16.3. The Morgan fingerprint density at radius 1 is 0.722 bits per heavy atom. The molecule has 0 aromatic carbocycles. The van der Waals surface area contributed by atoms with Gasteiger partial charge >= 0.3 is 0 Å². The van der Waals surface area contributed by atoms with Crippen LogP contribution >= 0.6 is 11.8 Å². The lowest BCUT2D eigenvalue weighted by Crippen LogP contribution is -2.49. The van der Waals surface area contributed by atoms with Crippen molar-refractivity contribution >= 4 is 35.3 Å². The van der Waals surface area contributed by atoms with Gasteiger partial charge in [-0.3, -0.25) is 19.2 Å². The fourth-order valence-corrected chi connectivity index (χ4v) is 4.34. The monoisotopic (exact) mass is 529 g/mol. The molecule has 0 saturated carbocycles. The van der Waals surface area contributed by atoms with Gasteiger partial charge in [0.1, 0.15) is 11.8 Å². The molecule has 210 valence electrons. The molecule has 1 atom stereocenters. The second-order valence-corrected chi connectivity index (χ2v) is 14.0. The molecule has 3 N–H and O–H groups in total. The highest BCUT2D eigenvalue weighted by atomic mass is 32.2. The minimum atomic E-state index is -0.681. The summed E-state index contributed by atoms with van der Waals surface area (Å²) in [6, 6.07) is -0.681. The second-order valence-electron chi connectivity index (χ2n) is 13.0. The molecule has 0 unspecified atom stereocenters. The van der Waals surface area contributed by atoms with Crippen LogP contribution in [0.1, 0.15) is 88.0 Å². The van der Waals surface area contributed by atoms with E-state index in [4.69, 9.17) is 4.74 Å². The highest BCUT2D eigenvalue weighted by molar-refractivity contribution is 7.99. The summed E-state index contributed by atoms with van der Waals surface area (Å²) in [7, 11) is 0. The van der Waals surface area contributed by atoms with Crippen molar-refractivity contribution in [3.63, 3.8) is 0 Å². The zero-order chi connectivity index (χ0) is 28.0. The van der Waals surface area contributed by atoms with Gasteiger partial charge in [-0.25, -0.2) is 0 Å². The minimum Gasteiger partial charge on any atom is -0.378 e. The van der Waals surface area contributed by atoms with Gasteiger partial charge in [0.2, 0.25) is 17.7 Å². The van der Waals surface area contributed by atoms with Crippen LogP contribution in [0.4, 0.5) is 0 Å². The van der Waals surface area contributed by atoms with Gasteiger partial charge in [0.25, 0.3) is 0 Å². The van der Waals surface area contributed by atoms with E-state index in [0.717, 1.165) is 5.75 Å². The Kier molecular flexibility index (Phi) is 15.5. The van der Waals surface area contributed by atoms with Gasteiger partial charge in [-0.1, -0.05) is 62.3 Å². The maximum Gasteiger partial charge on any atom is 0.243 e. The van der Waals surface area contributed by atoms with Crippen LogP contribution in [0.5, 0.6) is 0 Å². The average molecular weight is 530 g/mol. The SMILES string of the molecule is CC(C)(C)CSC[C@H](NC(=O)CCC(=O)CC(C)(C)C)C(=O)NCCOCCNC(=O)CC(C)(C)C. The molecule has 0 saturated heterocycles. The average Bonchev–Trinajstić information content (AvgIpc) is 2.67. The van der Waals surface area contributed by atoms with Gasteiger partial charge in [-0.2, -0.15) is 11.8 Å². The molecule has 0 spiro atoms. The van der Waals surface area contributed by atoms with E-state index in [9.17, 15) is 19.2 Å². The van der Waals surface area contributed by atoms with Crippen LogP contribution in [0.15, 0.2) is 0 Å². The van der Waals surface area contributed by atoms with Gasteiger partial charge in [0.15, 0.2) is 0 Å². The van der Waals surface area contributed by atoms with Crippen molar-refractivity contribution in [3.8, 4) is 0 Å². The summed E-state index contributed by atoms with van der Waals surface area (Å²) in [4.78, 5) is 49.1. The number of rotatable bonds is 16. The largest absolute Gasteiger partial charge is 0.378 e. The number of Topliss-reactive ketones (excluding diaryl/α,β-unsaturated/α-hetero) is 1.